The molecule has 2 aliphatic heterocycles. The minimum absolute atomic E-state index is 0.239. The number of phosphoric acid groups is 3. The highest BCUT2D eigenvalue weighted by Gasteiger charge is 2.55. The number of hydrogen-bond donors (Lipinski definition) is 5. The van der Waals surface area contributed by atoms with Crippen LogP contribution in [0.5, 0.6) is 0 Å². The van der Waals surface area contributed by atoms with Crippen LogP contribution in [0.3, 0.4) is 0 Å². The maximum absolute atomic E-state index is 12.3. The number of aliphatic hydroxyl groups is 2. The SMILES string of the molecule is COC(=O)Cc1cn([C@@H]2O[C@H](COP3(=O)OP(=O)(O)OP(=O)(O)O3)C(O)C2O)c(=O)[nH]c1=O. The molecule has 3 heterocycles. The normalized spacial score (nSPS) is 38.8. The van der Waals surface area contributed by atoms with Crippen LogP contribution in [0.4, 0.5) is 0 Å². The predicted octanol–water partition coefficient (Wildman–Crippen LogP) is -1.74. The van der Waals surface area contributed by atoms with E-state index in [0.29, 0.717) is 4.57 Å². The summed E-state index contributed by atoms with van der Waals surface area (Å²) >= 11 is 0. The first-order chi connectivity index (χ1) is 15.2. The van der Waals surface area contributed by atoms with Crippen LogP contribution in [-0.4, -0.2) is 67.5 Å². The average molecular weight is 538 g/mol. The fraction of sp³-hybridized carbons (Fsp3) is 0.583. The van der Waals surface area contributed by atoms with Crippen LogP contribution in [-0.2, 0) is 51.8 Å². The van der Waals surface area contributed by atoms with Gasteiger partial charge in [-0.2, -0.15) is 12.9 Å². The van der Waals surface area contributed by atoms with Crippen molar-refractivity contribution >= 4 is 29.4 Å². The van der Waals surface area contributed by atoms with Crippen molar-refractivity contribution in [1.29, 1.82) is 0 Å². The van der Waals surface area contributed by atoms with Gasteiger partial charge in [-0.1, -0.05) is 0 Å². The Morgan fingerprint density at radius 3 is 2.30 bits per heavy atom. The number of H-pyrrole nitrogens is 1. The Morgan fingerprint density at radius 1 is 1.12 bits per heavy atom. The fourth-order valence-electron chi connectivity index (χ4n) is 2.81. The number of carbonyl (C=O) groups is 1. The Labute approximate surface area is 182 Å². The number of ether oxygens (including phenoxy) is 2. The van der Waals surface area contributed by atoms with Gasteiger partial charge in [-0.25, -0.2) is 18.5 Å². The van der Waals surface area contributed by atoms with Gasteiger partial charge in [0.25, 0.3) is 5.56 Å². The molecule has 1 aromatic rings. The molecule has 2 fully saturated rings. The predicted molar refractivity (Wildman–Crippen MR) is 99.4 cm³/mol. The van der Waals surface area contributed by atoms with Gasteiger partial charge in [0, 0.05) is 11.8 Å². The number of rotatable bonds is 6. The Hall–Kier alpha value is -1.52. The minimum Gasteiger partial charge on any atom is -0.469 e. The number of methoxy groups -OCH3 is 1. The summed E-state index contributed by atoms with van der Waals surface area (Å²) < 4.78 is 62.0. The van der Waals surface area contributed by atoms with Crippen LogP contribution in [0.2, 0.25) is 0 Å². The summed E-state index contributed by atoms with van der Waals surface area (Å²) in [4.78, 5) is 55.8. The molecule has 0 aliphatic carbocycles. The summed E-state index contributed by atoms with van der Waals surface area (Å²) in [6.07, 6.45) is -6.55. The number of hydrogen-bond acceptors (Lipinski definition) is 14. The highest BCUT2D eigenvalue weighted by Crippen LogP contribution is 2.80. The van der Waals surface area contributed by atoms with E-state index in [0.717, 1.165) is 13.3 Å². The summed E-state index contributed by atoms with van der Waals surface area (Å²) in [5.41, 5.74) is -2.24. The van der Waals surface area contributed by atoms with E-state index < -0.39 is 78.3 Å². The topological polar surface area (TPSA) is 259 Å². The quantitative estimate of drug-likeness (QED) is 0.199. The Morgan fingerprint density at radius 2 is 1.73 bits per heavy atom. The minimum atomic E-state index is -5.31. The molecule has 5 N–H and O–H groups in total. The van der Waals surface area contributed by atoms with Crippen LogP contribution in [0, 0.1) is 0 Å². The summed E-state index contributed by atoms with van der Waals surface area (Å²) in [5.74, 6) is -0.812. The van der Waals surface area contributed by atoms with Crippen molar-refractivity contribution in [2.24, 2.45) is 0 Å². The van der Waals surface area contributed by atoms with Gasteiger partial charge >= 0.3 is 35.1 Å². The molecule has 1 aromatic heterocycles. The molecule has 2 aliphatic rings. The Bertz CT molecular complexity index is 1160. The van der Waals surface area contributed by atoms with E-state index in [1.807, 2.05) is 4.98 Å². The van der Waals surface area contributed by atoms with Crippen molar-refractivity contribution in [3.05, 3.63) is 32.6 Å². The molecule has 0 spiro atoms. The van der Waals surface area contributed by atoms with Gasteiger partial charge < -0.3 is 29.5 Å². The Kier molecular flexibility index (Phi) is 7.32. The second kappa shape index (κ2) is 9.26. The summed E-state index contributed by atoms with van der Waals surface area (Å²) in [6.45, 7) is -1.00. The molecule has 0 aromatic carbocycles. The fourth-order valence-corrected chi connectivity index (χ4v) is 7.74. The molecule has 0 bridgehead atoms. The number of carbonyl (C=O) groups excluding carboxylic acids is 1. The Balaban J connectivity index is 1.79. The maximum atomic E-state index is 12.3. The molecule has 3 rings (SSSR count). The number of aromatic amines is 1. The second-order valence-corrected chi connectivity index (χ2v) is 11.5. The molecule has 6 atom stereocenters. The lowest BCUT2D eigenvalue weighted by Crippen LogP contribution is -2.39. The van der Waals surface area contributed by atoms with Crippen LogP contribution in [0.1, 0.15) is 11.8 Å². The third kappa shape index (κ3) is 5.95. The molecular weight excluding hydrogens is 521 g/mol. The highest BCUT2D eigenvalue weighted by atomic mass is 31.3. The highest BCUT2D eigenvalue weighted by molar-refractivity contribution is 7.74. The van der Waals surface area contributed by atoms with Crippen molar-refractivity contribution in [3.8, 4) is 0 Å². The zero-order valence-electron chi connectivity index (χ0n) is 16.3. The molecule has 18 nitrogen and oxygen atoms in total. The molecule has 186 valence electrons. The standard InChI is InChI=1S/C12H17N2O16P3/c1-25-7(15)2-5-3-14(12(19)13-10(5)18)11-9(17)8(16)6(27-11)4-26-33(24)29-31(20,21)28-32(22,23)30-33/h3,6,8-9,11,16-17H,2,4H2,1H3,(H,20,21)(H,22,23)(H,13,18,19)/t6-,8?,9?,11-/m1/s1. The van der Waals surface area contributed by atoms with Gasteiger partial charge in [-0.3, -0.25) is 23.7 Å². The van der Waals surface area contributed by atoms with Crippen molar-refractivity contribution in [2.75, 3.05) is 13.7 Å². The third-order valence-electron chi connectivity index (χ3n) is 4.23. The van der Waals surface area contributed by atoms with Gasteiger partial charge in [0.2, 0.25) is 0 Å². The smallest absolute Gasteiger partial charge is 0.469 e. The van der Waals surface area contributed by atoms with Gasteiger partial charge in [-0.05, 0) is 0 Å². The molecule has 33 heavy (non-hydrogen) atoms. The molecule has 0 amide bonds. The van der Waals surface area contributed by atoms with Crippen molar-refractivity contribution in [2.45, 2.75) is 31.0 Å². The molecule has 2 saturated heterocycles. The van der Waals surface area contributed by atoms with Crippen molar-refractivity contribution in [1.82, 2.24) is 9.55 Å². The van der Waals surface area contributed by atoms with E-state index in [1.54, 1.807) is 0 Å². The summed E-state index contributed by atoms with van der Waals surface area (Å²) in [6, 6.07) is 0. The van der Waals surface area contributed by atoms with Gasteiger partial charge in [-0.15, -0.1) is 0 Å². The first-order valence-electron chi connectivity index (χ1n) is 8.62. The van der Waals surface area contributed by atoms with E-state index in [2.05, 4.69) is 22.2 Å². The maximum Gasteiger partial charge on any atom is 0.492 e. The largest absolute Gasteiger partial charge is 0.492 e. The van der Waals surface area contributed by atoms with Gasteiger partial charge in [0.15, 0.2) is 6.23 Å². The van der Waals surface area contributed by atoms with E-state index in [4.69, 9.17) is 4.74 Å². The van der Waals surface area contributed by atoms with E-state index in [9.17, 15) is 48.1 Å². The molecule has 4 unspecified atom stereocenters. The van der Waals surface area contributed by atoms with E-state index in [-0.39, 0.29) is 5.56 Å². The lowest BCUT2D eigenvalue weighted by atomic mass is 10.1. The lowest BCUT2D eigenvalue weighted by molar-refractivity contribution is -0.139. The summed E-state index contributed by atoms with van der Waals surface area (Å²) in [5, 5.41) is 20.5. The van der Waals surface area contributed by atoms with Crippen LogP contribution >= 0.6 is 23.5 Å². The third-order valence-corrected chi connectivity index (χ3v) is 9.59. The molecule has 0 radical (unpaired) electrons. The zero-order chi connectivity index (χ0) is 24.8. The first-order valence-corrected chi connectivity index (χ1v) is 13.1. The number of esters is 1. The number of nitrogens with zero attached hydrogens (tertiary/aromatic N) is 1. The summed E-state index contributed by atoms with van der Waals surface area (Å²) in [7, 11) is -14.7. The van der Waals surface area contributed by atoms with Crippen molar-refractivity contribution in [3.63, 3.8) is 0 Å². The molecule has 0 saturated carbocycles. The number of aliphatic hydroxyl groups excluding tert-OH is 2. The van der Waals surface area contributed by atoms with Gasteiger partial charge in [0.1, 0.15) is 18.3 Å². The lowest BCUT2D eigenvalue weighted by Gasteiger charge is -2.27. The molecule has 21 heteroatoms. The average Bonchev–Trinajstić information content (AvgIpc) is 2.94. The van der Waals surface area contributed by atoms with E-state index in [1.165, 1.54) is 0 Å². The van der Waals surface area contributed by atoms with E-state index >= 15 is 0 Å². The monoisotopic (exact) mass is 538 g/mol. The van der Waals surface area contributed by atoms with Crippen LogP contribution in [0.15, 0.2) is 15.8 Å². The van der Waals surface area contributed by atoms with Crippen LogP contribution < -0.4 is 11.2 Å². The number of nitrogens with one attached hydrogen (secondary N) is 1. The zero-order valence-corrected chi connectivity index (χ0v) is 19.0. The number of aromatic nitrogens is 2. The molecular formula is C12H17N2O16P3. The first kappa shape index (κ1) is 26.1. The van der Waals surface area contributed by atoms with Crippen LogP contribution in [0.25, 0.3) is 0 Å². The van der Waals surface area contributed by atoms with Gasteiger partial charge in [0.05, 0.1) is 20.1 Å². The van der Waals surface area contributed by atoms with Crippen molar-refractivity contribution < 1.29 is 65.4 Å². The second-order valence-electron chi connectivity index (χ2n) is 6.55.